The number of hydrogen-bond donors (Lipinski definition) is 1. The number of rotatable bonds is 7. The summed E-state index contributed by atoms with van der Waals surface area (Å²) in [6.07, 6.45) is 0.922. The molecule has 0 bridgehead atoms. The molecule has 2 heterocycles. The maximum atomic E-state index is 5.70. The predicted octanol–water partition coefficient (Wildman–Crippen LogP) is 3.12. The van der Waals surface area contributed by atoms with E-state index < -0.39 is 0 Å². The first-order chi connectivity index (χ1) is 11.6. The van der Waals surface area contributed by atoms with Crippen molar-refractivity contribution in [3.05, 3.63) is 47.8 Å². The third-order valence-electron chi connectivity index (χ3n) is 3.65. The lowest BCUT2D eigenvalue weighted by Gasteiger charge is -2.10. The van der Waals surface area contributed by atoms with E-state index in [1.165, 1.54) is 5.56 Å². The number of ether oxygens (including phenoxy) is 1. The van der Waals surface area contributed by atoms with Crippen LogP contribution in [0.2, 0.25) is 0 Å². The van der Waals surface area contributed by atoms with E-state index >= 15 is 0 Å². The maximum Gasteiger partial charge on any atom is 0.178 e. The molecule has 0 radical (unpaired) electrons. The van der Waals surface area contributed by atoms with Gasteiger partial charge in [-0.05, 0) is 49.1 Å². The van der Waals surface area contributed by atoms with Gasteiger partial charge in [0.25, 0.3) is 0 Å². The number of nitrogens with one attached hydrogen (secondary N) is 1. The molecular formula is C18H23N5O. The van der Waals surface area contributed by atoms with Crippen LogP contribution >= 0.6 is 0 Å². The normalized spacial score (nSPS) is 11.2. The van der Waals surface area contributed by atoms with Crippen molar-refractivity contribution in [3.8, 4) is 5.75 Å². The van der Waals surface area contributed by atoms with Gasteiger partial charge < -0.3 is 10.1 Å². The molecule has 0 aliphatic rings. The molecule has 6 nitrogen and oxygen atoms in total. The Morgan fingerprint density at radius 1 is 1.08 bits per heavy atom. The van der Waals surface area contributed by atoms with Crippen molar-refractivity contribution >= 4 is 11.5 Å². The molecule has 0 aliphatic heterocycles. The van der Waals surface area contributed by atoms with E-state index in [0.29, 0.717) is 5.92 Å². The molecule has 0 amide bonds. The van der Waals surface area contributed by atoms with Crippen LogP contribution in [0.4, 0.5) is 5.82 Å². The molecule has 0 unspecified atom stereocenters. The van der Waals surface area contributed by atoms with Crippen molar-refractivity contribution in [2.24, 2.45) is 5.92 Å². The summed E-state index contributed by atoms with van der Waals surface area (Å²) < 4.78 is 7.44. The second-order valence-corrected chi connectivity index (χ2v) is 6.26. The highest BCUT2D eigenvalue weighted by atomic mass is 16.5. The Morgan fingerprint density at radius 3 is 2.62 bits per heavy atom. The Kier molecular flexibility index (Phi) is 4.93. The van der Waals surface area contributed by atoms with E-state index in [1.54, 1.807) is 4.52 Å². The highest BCUT2D eigenvalue weighted by Crippen LogP contribution is 2.14. The predicted molar refractivity (Wildman–Crippen MR) is 94.5 cm³/mol. The molecule has 0 saturated carbocycles. The van der Waals surface area contributed by atoms with Crippen LogP contribution in [0.25, 0.3) is 5.65 Å². The fraction of sp³-hybridized carbons (Fsp3) is 0.389. The summed E-state index contributed by atoms with van der Waals surface area (Å²) in [6, 6.07) is 12.1. The number of benzene rings is 1. The molecule has 0 atom stereocenters. The Hall–Kier alpha value is -2.63. The minimum atomic E-state index is 0.535. The number of hydrogen-bond acceptors (Lipinski definition) is 5. The highest BCUT2D eigenvalue weighted by Gasteiger charge is 2.03. The fourth-order valence-electron chi connectivity index (χ4n) is 2.34. The SMILES string of the molecule is Cc1nnc2ccc(NCCc3ccc(OCC(C)C)cc3)nn12. The molecule has 6 heteroatoms. The first kappa shape index (κ1) is 16.2. The van der Waals surface area contributed by atoms with Crippen LogP contribution in [-0.2, 0) is 6.42 Å². The number of aromatic nitrogens is 4. The van der Waals surface area contributed by atoms with Gasteiger partial charge in [0.1, 0.15) is 11.6 Å². The summed E-state index contributed by atoms with van der Waals surface area (Å²) in [5.41, 5.74) is 2.02. The van der Waals surface area contributed by atoms with E-state index in [-0.39, 0.29) is 0 Å². The first-order valence-electron chi connectivity index (χ1n) is 8.26. The topological polar surface area (TPSA) is 64.3 Å². The second kappa shape index (κ2) is 7.29. The molecule has 0 spiro atoms. The molecule has 126 valence electrons. The van der Waals surface area contributed by atoms with Crippen LogP contribution in [-0.4, -0.2) is 33.0 Å². The van der Waals surface area contributed by atoms with Crippen molar-refractivity contribution in [3.63, 3.8) is 0 Å². The first-order valence-corrected chi connectivity index (χ1v) is 8.26. The molecule has 1 N–H and O–H groups in total. The summed E-state index contributed by atoms with van der Waals surface area (Å²) in [7, 11) is 0. The molecule has 0 aliphatic carbocycles. The molecule has 0 saturated heterocycles. The average Bonchev–Trinajstić information content (AvgIpc) is 2.95. The van der Waals surface area contributed by atoms with Gasteiger partial charge in [-0.3, -0.25) is 0 Å². The quantitative estimate of drug-likeness (QED) is 0.723. The zero-order valence-corrected chi connectivity index (χ0v) is 14.4. The summed E-state index contributed by atoms with van der Waals surface area (Å²) in [5, 5.41) is 15.9. The molecular weight excluding hydrogens is 302 g/mol. The number of aryl methyl sites for hydroxylation is 1. The monoisotopic (exact) mass is 325 g/mol. The van der Waals surface area contributed by atoms with Crippen molar-refractivity contribution in [1.82, 2.24) is 19.8 Å². The molecule has 24 heavy (non-hydrogen) atoms. The van der Waals surface area contributed by atoms with Gasteiger partial charge in [-0.1, -0.05) is 26.0 Å². The van der Waals surface area contributed by atoms with Gasteiger partial charge in [-0.2, -0.15) is 4.52 Å². The van der Waals surface area contributed by atoms with E-state index in [1.807, 2.05) is 31.2 Å². The standard InChI is InChI=1S/C18H23N5O/c1-13(2)12-24-16-6-4-15(5-7-16)10-11-19-17-8-9-18-21-20-14(3)23(18)22-17/h4-9,13H,10-12H2,1-3H3,(H,19,22). The Labute approximate surface area is 141 Å². The Balaban J connectivity index is 1.52. The summed E-state index contributed by atoms with van der Waals surface area (Å²) in [6.45, 7) is 7.74. The zero-order chi connectivity index (χ0) is 16.9. The van der Waals surface area contributed by atoms with Crippen molar-refractivity contribution in [2.75, 3.05) is 18.5 Å². The number of nitrogens with zero attached hydrogens (tertiary/aromatic N) is 4. The maximum absolute atomic E-state index is 5.70. The van der Waals surface area contributed by atoms with E-state index in [9.17, 15) is 0 Å². The van der Waals surface area contributed by atoms with Crippen LogP contribution in [0, 0.1) is 12.8 Å². The zero-order valence-electron chi connectivity index (χ0n) is 14.4. The third kappa shape index (κ3) is 4.01. The largest absolute Gasteiger partial charge is 0.493 e. The van der Waals surface area contributed by atoms with Gasteiger partial charge in [0, 0.05) is 6.54 Å². The lowest BCUT2D eigenvalue weighted by Crippen LogP contribution is -2.08. The Morgan fingerprint density at radius 2 is 1.88 bits per heavy atom. The Bertz CT molecular complexity index is 795. The van der Waals surface area contributed by atoms with E-state index in [0.717, 1.165) is 42.6 Å². The molecule has 2 aromatic heterocycles. The van der Waals surface area contributed by atoms with E-state index in [4.69, 9.17) is 4.74 Å². The lowest BCUT2D eigenvalue weighted by atomic mass is 10.1. The number of fused-ring (bicyclic) bond motifs is 1. The number of anilines is 1. The van der Waals surface area contributed by atoms with Crippen molar-refractivity contribution in [1.29, 1.82) is 0 Å². The van der Waals surface area contributed by atoms with E-state index in [2.05, 4.69) is 46.6 Å². The summed E-state index contributed by atoms with van der Waals surface area (Å²) >= 11 is 0. The van der Waals surface area contributed by atoms with Crippen LogP contribution < -0.4 is 10.1 Å². The van der Waals surface area contributed by atoms with Crippen molar-refractivity contribution in [2.45, 2.75) is 27.2 Å². The smallest absolute Gasteiger partial charge is 0.178 e. The molecule has 3 aromatic rings. The van der Waals surface area contributed by atoms with Gasteiger partial charge in [0.2, 0.25) is 0 Å². The highest BCUT2D eigenvalue weighted by molar-refractivity contribution is 5.44. The van der Waals surface area contributed by atoms with Gasteiger partial charge >= 0.3 is 0 Å². The van der Waals surface area contributed by atoms with Crippen LogP contribution in [0.1, 0.15) is 25.2 Å². The van der Waals surface area contributed by atoms with Gasteiger partial charge in [-0.25, -0.2) is 0 Å². The molecule has 3 rings (SSSR count). The average molecular weight is 325 g/mol. The lowest BCUT2D eigenvalue weighted by molar-refractivity contribution is 0.271. The van der Waals surface area contributed by atoms with Crippen LogP contribution in [0.5, 0.6) is 5.75 Å². The molecule has 1 aromatic carbocycles. The summed E-state index contributed by atoms with van der Waals surface area (Å²) in [5.74, 6) is 3.07. The van der Waals surface area contributed by atoms with Crippen LogP contribution in [0.3, 0.4) is 0 Å². The van der Waals surface area contributed by atoms with Crippen LogP contribution in [0.15, 0.2) is 36.4 Å². The second-order valence-electron chi connectivity index (χ2n) is 6.26. The minimum absolute atomic E-state index is 0.535. The summed E-state index contributed by atoms with van der Waals surface area (Å²) in [4.78, 5) is 0. The molecule has 0 fully saturated rings. The fourth-order valence-corrected chi connectivity index (χ4v) is 2.34. The minimum Gasteiger partial charge on any atom is -0.493 e. The van der Waals surface area contributed by atoms with Gasteiger partial charge in [-0.15, -0.1) is 15.3 Å². The van der Waals surface area contributed by atoms with Gasteiger partial charge in [0.15, 0.2) is 11.5 Å². The van der Waals surface area contributed by atoms with Gasteiger partial charge in [0.05, 0.1) is 6.61 Å². The van der Waals surface area contributed by atoms with Crippen molar-refractivity contribution < 1.29 is 4.74 Å². The third-order valence-corrected chi connectivity index (χ3v) is 3.65.